The van der Waals surface area contributed by atoms with Crippen LogP contribution in [0.4, 0.5) is 11.4 Å². The summed E-state index contributed by atoms with van der Waals surface area (Å²) in [6.07, 6.45) is 3.50. The first-order valence-corrected chi connectivity index (χ1v) is 11.3. The van der Waals surface area contributed by atoms with Crippen molar-refractivity contribution in [2.45, 2.75) is 0 Å². The highest BCUT2D eigenvalue weighted by molar-refractivity contribution is 9.10. The monoisotopic (exact) mass is 489 g/mol. The molecule has 6 heteroatoms. The Bertz CT molecular complexity index is 1090. The molecule has 0 radical (unpaired) electrons. The molecule has 1 heterocycles. The van der Waals surface area contributed by atoms with Gasteiger partial charge in [0.05, 0.1) is 0 Å². The number of carbonyl (C=O) groups excluding carboxylic acids is 2. The summed E-state index contributed by atoms with van der Waals surface area (Å²) < 4.78 is 0.937. The van der Waals surface area contributed by atoms with Crippen LogP contribution in [0.1, 0.15) is 15.9 Å². The van der Waals surface area contributed by atoms with Gasteiger partial charge >= 0.3 is 0 Å². The minimum atomic E-state index is -0.138. The standard InChI is InChI=1S/C26H24BrN3O2/c27-22-9-7-21(8-10-22)26(32)28-23-11-13-24(14-12-23)29-16-18-30(19-17-29)25(31)15-6-20-4-2-1-3-5-20/h1-15H,16-19H2,(H,28,32)/b15-6+. The molecule has 1 aliphatic heterocycles. The van der Waals surface area contributed by atoms with Crippen molar-refractivity contribution in [1.29, 1.82) is 0 Å². The highest BCUT2D eigenvalue weighted by atomic mass is 79.9. The molecular formula is C26H24BrN3O2. The maximum atomic E-state index is 12.5. The second-order valence-electron chi connectivity index (χ2n) is 7.56. The number of halogens is 1. The second kappa shape index (κ2) is 10.3. The lowest BCUT2D eigenvalue weighted by atomic mass is 10.2. The van der Waals surface area contributed by atoms with Gasteiger partial charge in [-0.2, -0.15) is 0 Å². The van der Waals surface area contributed by atoms with Gasteiger partial charge in [-0.1, -0.05) is 46.3 Å². The van der Waals surface area contributed by atoms with Gasteiger partial charge in [-0.15, -0.1) is 0 Å². The summed E-state index contributed by atoms with van der Waals surface area (Å²) in [5.74, 6) is -0.0968. The van der Waals surface area contributed by atoms with Crippen molar-refractivity contribution < 1.29 is 9.59 Å². The van der Waals surface area contributed by atoms with Gasteiger partial charge in [0.1, 0.15) is 0 Å². The minimum absolute atomic E-state index is 0.0412. The fourth-order valence-corrected chi connectivity index (χ4v) is 3.85. The lowest BCUT2D eigenvalue weighted by Crippen LogP contribution is -2.48. The normalized spacial score (nSPS) is 13.9. The van der Waals surface area contributed by atoms with Crippen molar-refractivity contribution in [1.82, 2.24) is 4.90 Å². The lowest BCUT2D eigenvalue weighted by Gasteiger charge is -2.35. The van der Waals surface area contributed by atoms with Crippen molar-refractivity contribution in [3.05, 3.63) is 101 Å². The van der Waals surface area contributed by atoms with Gasteiger partial charge in [-0.05, 0) is 60.2 Å². The van der Waals surface area contributed by atoms with E-state index in [2.05, 4.69) is 26.1 Å². The molecule has 32 heavy (non-hydrogen) atoms. The van der Waals surface area contributed by atoms with Crippen molar-refractivity contribution in [3.63, 3.8) is 0 Å². The van der Waals surface area contributed by atoms with Crippen molar-refractivity contribution in [2.24, 2.45) is 0 Å². The number of rotatable bonds is 5. The third kappa shape index (κ3) is 5.65. The Morgan fingerprint density at radius 2 is 1.47 bits per heavy atom. The first-order valence-electron chi connectivity index (χ1n) is 10.5. The summed E-state index contributed by atoms with van der Waals surface area (Å²) in [7, 11) is 0. The van der Waals surface area contributed by atoms with Gasteiger partial charge in [0.25, 0.3) is 5.91 Å². The van der Waals surface area contributed by atoms with E-state index >= 15 is 0 Å². The molecule has 1 fully saturated rings. The van der Waals surface area contributed by atoms with E-state index in [0.717, 1.165) is 34.5 Å². The molecule has 1 saturated heterocycles. The molecule has 2 amide bonds. The zero-order valence-electron chi connectivity index (χ0n) is 17.6. The average molecular weight is 490 g/mol. The van der Waals surface area contributed by atoms with Crippen LogP contribution in [0.25, 0.3) is 6.08 Å². The first kappa shape index (κ1) is 21.8. The van der Waals surface area contributed by atoms with Gasteiger partial charge in [0.2, 0.25) is 5.91 Å². The van der Waals surface area contributed by atoms with Crippen LogP contribution in [-0.4, -0.2) is 42.9 Å². The smallest absolute Gasteiger partial charge is 0.255 e. The van der Waals surface area contributed by atoms with Crippen LogP contribution in [0.15, 0.2) is 89.4 Å². The number of amides is 2. The Labute approximate surface area is 196 Å². The van der Waals surface area contributed by atoms with Crippen molar-refractivity contribution in [2.75, 3.05) is 36.4 Å². The Hall–Kier alpha value is -3.38. The van der Waals surface area contributed by atoms with E-state index in [9.17, 15) is 9.59 Å². The molecule has 0 atom stereocenters. The zero-order valence-corrected chi connectivity index (χ0v) is 19.2. The summed E-state index contributed by atoms with van der Waals surface area (Å²) in [4.78, 5) is 29.0. The Balaban J connectivity index is 1.29. The van der Waals surface area contributed by atoms with Gasteiger partial charge in [-0.3, -0.25) is 9.59 Å². The number of hydrogen-bond acceptors (Lipinski definition) is 3. The molecule has 162 valence electrons. The number of anilines is 2. The third-order valence-corrected chi connectivity index (χ3v) is 5.93. The summed E-state index contributed by atoms with van der Waals surface area (Å²) in [6, 6.07) is 24.9. The van der Waals surface area contributed by atoms with E-state index in [1.165, 1.54) is 0 Å². The zero-order chi connectivity index (χ0) is 22.3. The average Bonchev–Trinajstić information content (AvgIpc) is 2.84. The Morgan fingerprint density at radius 3 is 2.12 bits per heavy atom. The van der Waals surface area contributed by atoms with E-state index in [1.807, 2.05) is 77.7 Å². The maximum Gasteiger partial charge on any atom is 0.255 e. The summed E-state index contributed by atoms with van der Waals surface area (Å²) >= 11 is 3.37. The molecule has 0 saturated carbocycles. The first-order chi connectivity index (χ1) is 15.6. The SMILES string of the molecule is O=C(Nc1ccc(N2CCN(C(=O)/C=C/c3ccccc3)CC2)cc1)c1ccc(Br)cc1. The van der Waals surface area contributed by atoms with Crippen LogP contribution >= 0.6 is 15.9 Å². The van der Waals surface area contributed by atoms with Gasteiger partial charge in [0, 0.05) is 53.7 Å². The number of piperazine rings is 1. The van der Waals surface area contributed by atoms with Crippen molar-refractivity contribution in [3.8, 4) is 0 Å². The van der Waals surface area contributed by atoms with E-state index in [1.54, 1.807) is 18.2 Å². The van der Waals surface area contributed by atoms with Crippen LogP contribution in [0.3, 0.4) is 0 Å². The largest absolute Gasteiger partial charge is 0.368 e. The molecule has 0 aromatic heterocycles. The molecule has 0 bridgehead atoms. The molecule has 0 aliphatic carbocycles. The van der Waals surface area contributed by atoms with E-state index in [-0.39, 0.29) is 11.8 Å². The maximum absolute atomic E-state index is 12.5. The predicted octanol–water partition coefficient (Wildman–Crippen LogP) is 5.06. The van der Waals surface area contributed by atoms with Gasteiger partial charge in [0.15, 0.2) is 0 Å². The fourth-order valence-electron chi connectivity index (χ4n) is 3.58. The third-order valence-electron chi connectivity index (χ3n) is 5.41. The summed E-state index contributed by atoms with van der Waals surface area (Å²) in [6.45, 7) is 2.91. The molecule has 4 rings (SSSR count). The van der Waals surface area contributed by atoms with E-state index < -0.39 is 0 Å². The highest BCUT2D eigenvalue weighted by Gasteiger charge is 2.20. The van der Waals surface area contributed by atoms with Crippen LogP contribution in [-0.2, 0) is 4.79 Å². The summed E-state index contributed by atoms with van der Waals surface area (Å²) in [5.41, 5.74) is 3.46. The van der Waals surface area contributed by atoms with Crippen LogP contribution in [0, 0.1) is 0 Å². The molecule has 3 aromatic carbocycles. The Morgan fingerprint density at radius 1 is 0.812 bits per heavy atom. The van der Waals surface area contributed by atoms with Gasteiger partial charge in [-0.25, -0.2) is 0 Å². The lowest BCUT2D eigenvalue weighted by molar-refractivity contribution is -0.126. The molecule has 5 nitrogen and oxygen atoms in total. The minimum Gasteiger partial charge on any atom is -0.368 e. The molecular weight excluding hydrogens is 466 g/mol. The summed E-state index contributed by atoms with van der Waals surface area (Å²) in [5, 5.41) is 2.92. The van der Waals surface area contributed by atoms with Crippen LogP contribution in [0.5, 0.6) is 0 Å². The van der Waals surface area contributed by atoms with Crippen LogP contribution < -0.4 is 10.2 Å². The molecule has 0 spiro atoms. The number of carbonyl (C=O) groups is 2. The van der Waals surface area contributed by atoms with E-state index in [4.69, 9.17) is 0 Å². The quantitative estimate of drug-likeness (QED) is 0.509. The second-order valence-corrected chi connectivity index (χ2v) is 8.48. The van der Waals surface area contributed by atoms with Crippen molar-refractivity contribution >= 4 is 45.2 Å². The predicted molar refractivity (Wildman–Crippen MR) is 133 cm³/mol. The van der Waals surface area contributed by atoms with Gasteiger partial charge < -0.3 is 15.1 Å². The number of nitrogens with zero attached hydrogens (tertiary/aromatic N) is 2. The molecule has 0 unspecified atom stereocenters. The fraction of sp³-hybridized carbons (Fsp3) is 0.154. The highest BCUT2D eigenvalue weighted by Crippen LogP contribution is 2.20. The molecule has 1 aliphatic rings. The number of hydrogen-bond donors (Lipinski definition) is 1. The number of nitrogens with one attached hydrogen (secondary N) is 1. The molecule has 3 aromatic rings. The molecule has 1 N–H and O–H groups in total. The van der Waals surface area contributed by atoms with Crippen LogP contribution in [0.2, 0.25) is 0 Å². The number of benzene rings is 3. The Kier molecular flexibility index (Phi) is 7.02. The van der Waals surface area contributed by atoms with E-state index in [0.29, 0.717) is 18.7 Å². The topological polar surface area (TPSA) is 52.7 Å².